The van der Waals surface area contributed by atoms with Crippen LogP contribution in [0.1, 0.15) is 17.5 Å². The topological polar surface area (TPSA) is 12.0 Å². The Morgan fingerprint density at radius 2 is 1.70 bits per heavy atom. The molecule has 0 aliphatic rings. The van der Waals surface area contributed by atoms with Crippen molar-refractivity contribution in [1.82, 2.24) is 5.32 Å². The summed E-state index contributed by atoms with van der Waals surface area (Å²) in [6.07, 6.45) is 3.13. The van der Waals surface area contributed by atoms with Crippen LogP contribution in [0.25, 0.3) is 0 Å². The van der Waals surface area contributed by atoms with Gasteiger partial charge in [0.25, 0.3) is 0 Å². The summed E-state index contributed by atoms with van der Waals surface area (Å²) in [4.78, 5) is 0. The van der Waals surface area contributed by atoms with Gasteiger partial charge in [-0.05, 0) is 49.6 Å². The normalized spacial score (nSPS) is 12.3. The molecule has 0 heterocycles. The monoisotopic (exact) mass is 307 g/mol. The van der Waals surface area contributed by atoms with E-state index in [1.54, 1.807) is 0 Å². The molecule has 0 aromatic heterocycles. The first-order valence-electron chi connectivity index (χ1n) is 6.84. The molecule has 0 saturated carbocycles. The van der Waals surface area contributed by atoms with Crippen LogP contribution in [-0.2, 0) is 12.8 Å². The summed E-state index contributed by atoms with van der Waals surface area (Å²) in [5, 5.41) is 4.62. The van der Waals surface area contributed by atoms with Crippen molar-refractivity contribution < 1.29 is 0 Å². The van der Waals surface area contributed by atoms with Crippen molar-refractivity contribution in [1.29, 1.82) is 0 Å². The molecule has 2 aromatic carbocycles. The van der Waals surface area contributed by atoms with Crippen molar-refractivity contribution in [2.75, 3.05) is 7.05 Å². The molecule has 2 rings (SSSR count). The Hall–Kier alpha value is -1.02. The van der Waals surface area contributed by atoms with Gasteiger partial charge in [-0.15, -0.1) is 0 Å². The number of aryl methyl sites for hydroxylation is 1. The molecule has 0 aliphatic carbocycles. The first kappa shape index (κ1) is 15.4. The van der Waals surface area contributed by atoms with Crippen molar-refractivity contribution in [2.45, 2.75) is 25.3 Å². The number of likely N-dealkylation sites (N-methyl/N-ethyl adjacent to an activating group) is 1. The first-order valence-corrected chi connectivity index (χ1v) is 7.59. The van der Waals surface area contributed by atoms with Crippen molar-refractivity contribution in [3.05, 3.63) is 69.7 Å². The van der Waals surface area contributed by atoms with Gasteiger partial charge in [0.2, 0.25) is 0 Å². The lowest BCUT2D eigenvalue weighted by Gasteiger charge is -2.16. The highest BCUT2D eigenvalue weighted by molar-refractivity contribution is 6.42. The van der Waals surface area contributed by atoms with Crippen molar-refractivity contribution >= 4 is 23.2 Å². The molecule has 0 aliphatic heterocycles. The predicted molar refractivity (Wildman–Crippen MR) is 87.8 cm³/mol. The number of nitrogens with one attached hydrogen (secondary N) is 1. The molecule has 20 heavy (non-hydrogen) atoms. The standard InChI is InChI=1S/C17H19Cl2N/c1-20-15(9-7-13-5-3-2-4-6-13)11-14-8-10-16(18)17(19)12-14/h2-6,8,10,12,15,20H,7,9,11H2,1H3. The molecule has 0 bridgehead atoms. The van der Waals surface area contributed by atoms with Gasteiger partial charge < -0.3 is 5.32 Å². The molecule has 1 atom stereocenters. The Morgan fingerprint density at radius 3 is 2.35 bits per heavy atom. The zero-order chi connectivity index (χ0) is 14.4. The average Bonchev–Trinajstić information content (AvgIpc) is 2.48. The maximum Gasteiger partial charge on any atom is 0.0595 e. The summed E-state index contributed by atoms with van der Waals surface area (Å²) in [5.74, 6) is 0. The van der Waals surface area contributed by atoms with Crippen molar-refractivity contribution in [2.24, 2.45) is 0 Å². The van der Waals surface area contributed by atoms with Crippen LogP contribution in [0, 0.1) is 0 Å². The van der Waals surface area contributed by atoms with E-state index in [2.05, 4.69) is 35.6 Å². The van der Waals surface area contributed by atoms with Gasteiger partial charge in [0.05, 0.1) is 10.0 Å². The van der Waals surface area contributed by atoms with Crippen LogP contribution < -0.4 is 5.32 Å². The molecule has 106 valence electrons. The second kappa shape index (κ2) is 7.68. The van der Waals surface area contributed by atoms with Gasteiger partial charge in [-0.2, -0.15) is 0 Å². The summed E-state index contributed by atoms with van der Waals surface area (Å²) >= 11 is 12.0. The minimum absolute atomic E-state index is 0.437. The first-order chi connectivity index (χ1) is 9.69. The van der Waals surface area contributed by atoms with Gasteiger partial charge in [0.15, 0.2) is 0 Å². The molecular formula is C17H19Cl2N. The Labute approximate surface area is 130 Å². The maximum atomic E-state index is 6.06. The molecule has 1 nitrogen and oxygen atoms in total. The lowest BCUT2D eigenvalue weighted by atomic mass is 9.99. The van der Waals surface area contributed by atoms with E-state index in [9.17, 15) is 0 Å². The summed E-state index contributed by atoms with van der Waals surface area (Å²) < 4.78 is 0. The second-order valence-electron chi connectivity index (χ2n) is 4.96. The minimum Gasteiger partial charge on any atom is -0.317 e. The average molecular weight is 308 g/mol. The fourth-order valence-corrected chi connectivity index (χ4v) is 2.61. The van der Waals surface area contributed by atoms with E-state index in [0.29, 0.717) is 16.1 Å². The molecule has 0 fully saturated rings. The van der Waals surface area contributed by atoms with Crippen LogP contribution in [0.5, 0.6) is 0 Å². The maximum absolute atomic E-state index is 6.06. The summed E-state index contributed by atoms with van der Waals surface area (Å²) in [6, 6.07) is 16.9. The van der Waals surface area contributed by atoms with Crippen LogP contribution in [0.3, 0.4) is 0 Å². The Balaban J connectivity index is 1.93. The molecule has 3 heteroatoms. The van der Waals surface area contributed by atoms with E-state index in [-0.39, 0.29) is 0 Å². The van der Waals surface area contributed by atoms with E-state index >= 15 is 0 Å². The summed E-state index contributed by atoms with van der Waals surface area (Å²) in [6.45, 7) is 0. The smallest absolute Gasteiger partial charge is 0.0595 e. The van der Waals surface area contributed by atoms with E-state index in [1.165, 1.54) is 11.1 Å². The highest BCUT2D eigenvalue weighted by Crippen LogP contribution is 2.23. The molecule has 0 saturated heterocycles. The second-order valence-corrected chi connectivity index (χ2v) is 5.78. The third-order valence-corrected chi connectivity index (χ3v) is 4.24. The minimum atomic E-state index is 0.437. The number of benzene rings is 2. The number of halogens is 2. The van der Waals surface area contributed by atoms with Gasteiger partial charge in [-0.25, -0.2) is 0 Å². The molecular weight excluding hydrogens is 289 g/mol. The lowest BCUT2D eigenvalue weighted by molar-refractivity contribution is 0.520. The van der Waals surface area contributed by atoms with Crippen molar-refractivity contribution in [3.63, 3.8) is 0 Å². The van der Waals surface area contributed by atoms with Gasteiger partial charge in [-0.3, -0.25) is 0 Å². The van der Waals surface area contributed by atoms with Gasteiger partial charge >= 0.3 is 0 Å². The quantitative estimate of drug-likeness (QED) is 0.811. The highest BCUT2D eigenvalue weighted by atomic mass is 35.5. The molecule has 1 N–H and O–H groups in total. The van der Waals surface area contributed by atoms with E-state index in [1.807, 2.05) is 25.2 Å². The van der Waals surface area contributed by atoms with Crippen LogP contribution in [0.15, 0.2) is 48.5 Å². The molecule has 0 amide bonds. The van der Waals surface area contributed by atoms with Gasteiger partial charge in [0.1, 0.15) is 0 Å². The van der Waals surface area contributed by atoms with E-state index in [4.69, 9.17) is 23.2 Å². The third-order valence-electron chi connectivity index (χ3n) is 3.50. The van der Waals surface area contributed by atoms with Crippen LogP contribution in [-0.4, -0.2) is 13.1 Å². The number of hydrogen-bond donors (Lipinski definition) is 1. The third kappa shape index (κ3) is 4.52. The zero-order valence-corrected chi connectivity index (χ0v) is 13.1. The van der Waals surface area contributed by atoms with Gasteiger partial charge in [-0.1, -0.05) is 59.6 Å². The summed E-state index contributed by atoms with van der Waals surface area (Å²) in [5.41, 5.74) is 2.59. The molecule has 0 spiro atoms. The van der Waals surface area contributed by atoms with E-state index in [0.717, 1.165) is 19.3 Å². The lowest BCUT2D eigenvalue weighted by Crippen LogP contribution is -2.28. The fourth-order valence-electron chi connectivity index (χ4n) is 2.29. The molecule has 1 unspecified atom stereocenters. The molecule has 0 radical (unpaired) electrons. The highest BCUT2D eigenvalue weighted by Gasteiger charge is 2.09. The van der Waals surface area contributed by atoms with E-state index < -0.39 is 0 Å². The molecule has 2 aromatic rings. The Kier molecular flexibility index (Phi) is 5.90. The van der Waals surface area contributed by atoms with Crippen molar-refractivity contribution in [3.8, 4) is 0 Å². The Morgan fingerprint density at radius 1 is 0.950 bits per heavy atom. The summed E-state index contributed by atoms with van der Waals surface area (Å²) in [7, 11) is 2.01. The fraction of sp³-hybridized carbons (Fsp3) is 0.294. The van der Waals surface area contributed by atoms with Crippen LogP contribution in [0.4, 0.5) is 0 Å². The number of rotatable bonds is 6. The number of hydrogen-bond acceptors (Lipinski definition) is 1. The SMILES string of the molecule is CNC(CCc1ccccc1)Cc1ccc(Cl)c(Cl)c1. The van der Waals surface area contributed by atoms with Gasteiger partial charge in [0, 0.05) is 6.04 Å². The van der Waals surface area contributed by atoms with Crippen LogP contribution >= 0.6 is 23.2 Å². The largest absolute Gasteiger partial charge is 0.317 e. The Bertz CT molecular complexity index is 540. The van der Waals surface area contributed by atoms with Crippen LogP contribution in [0.2, 0.25) is 10.0 Å². The zero-order valence-electron chi connectivity index (χ0n) is 11.6. The predicted octanol–water partition coefficient (Wildman–Crippen LogP) is 4.76.